The van der Waals surface area contributed by atoms with Gasteiger partial charge >= 0.3 is 5.97 Å². The number of rotatable bonds is 7. The highest BCUT2D eigenvalue weighted by molar-refractivity contribution is 5.88. The molecule has 0 spiro atoms. The zero-order valence-electron chi connectivity index (χ0n) is 15.4. The Morgan fingerprint density at radius 1 is 0.963 bits per heavy atom. The summed E-state index contributed by atoms with van der Waals surface area (Å²) >= 11 is 0. The Bertz CT molecular complexity index is 849. The van der Waals surface area contributed by atoms with Crippen molar-refractivity contribution in [3.05, 3.63) is 59.2 Å². The highest BCUT2D eigenvalue weighted by Gasteiger charge is 2.15. The number of halogens is 2. The predicted molar refractivity (Wildman–Crippen MR) is 96.0 cm³/mol. The standard InChI is InChI=1S/C20H20F2O5/c1-12(15-7-6-14(21)10-16(15)22)27-20(23)8-5-13-9-18(25-3)19(26-4)11-17(13)24-2/h5-12H,1-4H3/b8-5+. The van der Waals surface area contributed by atoms with E-state index in [0.717, 1.165) is 12.1 Å². The third kappa shape index (κ3) is 4.97. The van der Waals surface area contributed by atoms with Gasteiger partial charge in [0.2, 0.25) is 0 Å². The fourth-order valence-corrected chi connectivity index (χ4v) is 2.45. The van der Waals surface area contributed by atoms with Crippen LogP contribution in [0.4, 0.5) is 8.78 Å². The first-order valence-electron chi connectivity index (χ1n) is 8.03. The normalized spacial score (nSPS) is 11.9. The Labute approximate surface area is 156 Å². The van der Waals surface area contributed by atoms with Gasteiger partial charge in [0.05, 0.1) is 21.3 Å². The number of hydrogen-bond donors (Lipinski definition) is 0. The zero-order valence-corrected chi connectivity index (χ0v) is 15.4. The van der Waals surface area contributed by atoms with E-state index < -0.39 is 23.7 Å². The summed E-state index contributed by atoms with van der Waals surface area (Å²) in [5.41, 5.74) is 0.648. The van der Waals surface area contributed by atoms with Crippen molar-refractivity contribution in [2.24, 2.45) is 0 Å². The molecule has 0 N–H and O–H groups in total. The fourth-order valence-electron chi connectivity index (χ4n) is 2.45. The number of ether oxygens (including phenoxy) is 4. The molecule has 2 aromatic carbocycles. The van der Waals surface area contributed by atoms with Crippen molar-refractivity contribution in [1.29, 1.82) is 0 Å². The lowest BCUT2D eigenvalue weighted by Gasteiger charge is -2.13. The first-order valence-corrected chi connectivity index (χ1v) is 8.03. The minimum Gasteiger partial charge on any atom is -0.496 e. The molecule has 0 heterocycles. The molecule has 2 rings (SSSR count). The van der Waals surface area contributed by atoms with Crippen LogP contribution in [-0.4, -0.2) is 27.3 Å². The van der Waals surface area contributed by atoms with Crippen molar-refractivity contribution in [2.75, 3.05) is 21.3 Å². The van der Waals surface area contributed by atoms with Crippen LogP contribution in [0.2, 0.25) is 0 Å². The third-order valence-electron chi connectivity index (χ3n) is 3.83. The SMILES string of the molecule is COc1cc(OC)c(OC)cc1/C=C/C(=O)OC(C)c1ccc(F)cc1F. The molecule has 1 atom stereocenters. The smallest absolute Gasteiger partial charge is 0.331 e. The summed E-state index contributed by atoms with van der Waals surface area (Å²) in [7, 11) is 4.47. The number of methoxy groups -OCH3 is 3. The monoisotopic (exact) mass is 378 g/mol. The summed E-state index contributed by atoms with van der Waals surface area (Å²) in [5, 5.41) is 0. The van der Waals surface area contributed by atoms with Crippen molar-refractivity contribution in [3.8, 4) is 17.2 Å². The molecule has 0 fully saturated rings. The van der Waals surface area contributed by atoms with E-state index in [2.05, 4.69) is 0 Å². The van der Waals surface area contributed by atoms with Gasteiger partial charge in [0, 0.05) is 29.3 Å². The maximum atomic E-state index is 13.8. The Morgan fingerprint density at radius 2 is 1.59 bits per heavy atom. The Kier molecular flexibility index (Phi) is 6.76. The minimum atomic E-state index is -0.880. The van der Waals surface area contributed by atoms with Crippen LogP contribution in [0.15, 0.2) is 36.4 Å². The number of carbonyl (C=O) groups excluding carboxylic acids is 1. The van der Waals surface area contributed by atoms with Crippen molar-refractivity contribution in [3.63, 3.8) is 0 Å². The first-order chi connectivity index (χ1) is 12.9. The van der Waals surface area contributed by atoms with Gasteiger partial charge in [-0.25, -0.2) is 13.6 Å². The molecule has 0 aliphatic carbocycles. The number of hydrogen-bond acceptors (Lipinski definition) is 5. The summed E-state index contributed by atoms with van der Waals surface area (Å²) in [4.78, 5) is 12.1. The molecule has 0 aromatic heterocycles. The summed E-state index contributed by atoms with van der Waals surface area (Å²) in [6, 6.07) is 6.35. The molecule has 0 saturated carbocycles. The Hall–Kier alpha value is -3.09. The average molecular weight is 378 g/mol. The van der Waals surface area contributed by atoms with Gasteiger partial charge in [-0.3, -0.25) is 0 Å². The topological polar surface area (TPSA) is 54.0 Å². The van der Waals surface area contributed by atoms with Crippen LogP contribution in [0.1, 0.15) is 24.2 Å². The first kappa shape index (κ1) is 20.2. The van der Waals surface area contributed by atoms with E-state index in [1.807, 2.05) is 0 Å². The molecule has 5 nitrogen and oxygen atoms in total. The van der Waals surface area contributed by atoms with Crippen LogP contribution >= 0.6 is 0 Å². The quantitative estimate of drug-likeness (QED) is 0.531. The average Bonchev–Trinajstić information content (AvgIpc) is 2.65. The number of carbonyl (C=O) groups is 1. The number of benzene rings is 2. The molecule has 2 aromatic rings. The van der Waals surface area contributed by atoms with Crippen LogP contribution in [0.25, 0.3) is 6.08 Å². The van der Waals surface area contributed by atoms with Crippen molar-refractivity contribution < 1.29 is 32.5 Å². The molecule has 27 heavy (non-hydrogen) atoms. The molecule has 7 heteroatoms. The lowest BCUT2D eigenvalue weighted by atomic mass is 10.1. The second-order valence-electron chi connectivity index (χ2n) is 5.53. The molecule has 1 unspecified atom stereocenters. The Morgan fingerprint density at radius 3 is 2.19 bits per heavy atom. The molecular formula is C20H20F2O5. The number of esters is 1. The molecule has 0 aliphatic heterocycles. The summed E-state index contributed by atoms with van der Waals surface area (Å²) in [5.74, 6) is -0.754. The van der Waals surface area contributed by atoms with Gasteiger partial charge in [0.1, 0.15) is 23.5 Å². The molecule has 0 bridgehead atoms. The van der Waals surface area contributed by atoms with Crippen LogP contribution < -0.4 is 14.2 Å². The van der Waals surface area contributed by atoms with Crippen molar-refractivity contribution in [1.82, 2.24) is 0 Å². The summed E-state index contributed by atoms with van der Waals surface area (Å²) in [6.45, 7) is 1.50. The minimum absolute atomic E-state index is 0.0850. The maximum absolute atomic E-state index is 13.8. The van der Waals surface area contributed by atoms with Gasteiger partial charge in [-0.15, -0.1) is 0 Å². The van der Waals surface area contributed by atoms with Gasteiger partial charge in [0.15, 0.2) is 11.5 Å². The second kappa shape index (κ2) is 9.02. The third-order valence-corrected chi connectivity index (χ3v) is 3.83. The maximum Gasteiger partial charge on any atom is 0.331 e. The Balaban J connectivity index is 2.16. The molecule has 144 valence electrons. The van der Waals surface area contributed by atoms with Gasteiger partial charge in [0.25, 0.3) is 0 Å². The predicted octanol–water partition coefficient (Wildman–Crippen LogP) is 4.31. The van der Waals surface area contributed by atoms with E-state index in [-0.39, 0.29) is 5.56 Å². The molecule has 0 radical (unpaired) electrons. The highest BCUT2D eigenvalue weighted by atomic mass is 19.1. The van der Waals surface area contributed by atoms with Crippen LogP contribution in [0.5, 0.6) is 17.2 Å². The summed E-state index contributed by atoms with van der Waals surface area (Å²) in [6.07, 6.45) is 1.79. The van der Waals surface area contributed by atoms with E-state index in [1.54, 1.807) is 12.1 Å². The van der Waals surface area contributed by atoms with E-state index >= 15 is 0 Å². The summed E-state index contributed by atoms with van der Waals surface area (Å²) < 4.78 is 47.6. The molecule has 0 saturated heterocycles. The van der Waals surface area contributed by atoms with Crippen molar-refractivity contribution in [2.45, 2.75) is 13.0 Å². The van der Waals surface area contributed by atoms with Gasteiger partial charge in [-0.2, -0.15) is 0 Å². The van der Waals surface area contributed by atoms with E-state index in [1.165, 1.54) is 46.5 Å². The van der Waals surface area contributed by atoms with E-state index in [0.29, 0.717) is 22.8 Å². The van der Waals surface area contributed by atoms with Crippen LogP contribution in [-0.2, 0) is 9.53 Å². The van der Waals surface area contributed by atoms with Gasteiger partial charge < -0.3 is 18.9 Å². The lowest BCUT2D eigenvalue weighted by Crippen LogP contribution is -2.08. The fraction of sp³-hybridized carbons (Fsp3) is 0.250. The molecular weight excluding hydrogens is 358 g/mol. The van der Waals surface area contributed by atoms with Gasteiger partial charge in [-0.1, -0.05) is 0 Å². The van der Waals surface area contributed by atoms with E-state index in [4.69, 9.17) is 18.9 Å². The molecule has 0 amide bonds. The highest BCUT2D eigenvalue weighted by Crippen LogP contribution is 2.35. The van der Waals surface area contributed by atoms with Crippen molar-refractivity contribution >= 4 is 12.0 Å². The second-order valence-corrected chi connectivity index (χ2v) is 5.53. The van der Waals surface area contributed by atoms with Crippen LogP contribution in [0, 0.1) is 11.6 Å². The lowest BCUT2D eigenvalue weighted by molar-refractivity contribution is -0.142. The van der Waals surface area contributed by atoms with E-state index in [9.17, 15) is 13.6 Å². The largest absolute Gasteiger partial charge is 0.496 e. The van der Waals surface area contributed by atoms with Gasteiger partial charge in [-0.05, 0) is 31.2 Å². The van der Waals surface area contributed by atoms with Crippen LogP contribution in [0.3, 0.4) is 0 Å². The molecule has 0 aliphatic rings. The zero-order chi connectivity index (χ0) is 20.0.